The third-order valence-corrected chi connectivity index (χ3v) is 5.41. The Morgan fingerprint density at radius 1 is 1.21 bits per heavy atom. The lowest BCUT2D eigenvalue weighted by atomic mass is 9.98. The summed E-state index contributed by atoms with van der Waals surface area (Å²) in [6.45, 7) is 7.68. The van der Waals surface area contributed by atoms with Crippen LogP contribution in [-0.4, -0.2) is 33.1 Å². The first-order valence-corrected chi connectivity index (χ1v) is 8.67. The zero-order valence-electron chi connectivity index (χ0n) is 13.8. The predicted molar refractivity (Wildman–Crippen MR) is 86.3 cm³/mol. The number of piperidine rings is 1. The summed E-state index contributed by atoms with van der Waals surface area (Å²) in [6, 6.07) is 0.943. The average molecular weight is 359 g/mol. The zero-order valence-corrected chi connectivity index (χ0v) is 14.7. The van der Waals surface area contributed by atoms with Crippen LogP contribution < -0.4 is 4.90 Å². The number of nitrogens with zero attached hydrogens (tertiary/aromatic N) is 5. The molecule has 0 bridgehead atoms. The second kappa shape index (κ2) is 6.02. The van der Waals surface area contributed by atoms with Gasteiger partial charge in [0.2, 0.25) is 5.13 Å². The number of anilines is 1. The van der Waals surface area contributed by atoms with Crippen molar-refractivity contribution in [2.45, 2.75) is 51.2 Å². The van der Waals surface area contributed by atoms with Crippen LogP contribution in [-0.2, 0) is 11.6 Å². The van der Waals surface area contributed by atoms with Gasteiger partial charge in [-0.2, -0.15) is 18.3 Å². The molecule has 2 aromatic rings. The lowest BCUT2D eigenvalue weighted by Crippen LogP contribution is -2.36. The summed E-state index contributed by atoms with van der Waals surface area (Å²) in [4.78, 5) is 2.09. The van der Waals surface area contributed by atoms with Gasteiger partial charge in [0, 0.05) is 24.7 Å². The molecule has 24 heavy (non-hydrogen) atoms. The average Bonchev–Trinajstić information content (AvgIpc) is 3.16. The van der Waals surface area contributed by atoms with Crippen molar-refractivity contribution in [3.05, 3.63) is 23.0 Å². The molecular weight excluding hydrogens is 339 g/mol. The van der Waals surface area contributed by atoms with Gasteiger partial charge in [-0.05, 0) is 18.9 Å². The Morgan fingerprint density at radius 2 is 1.96 bits per heavy atom. The predicted octanol–water partition coefficient (Wildman–Crippen LogP) is 3.89. The number of halogens is 3. The molecule has 1 atom stereocenters. The van der Waals surface area contributed by atoms with E-state index in [-0.39, 0.29) is 11.5 Å². The minimum atomic E-state index is -4.40. The van der Waals surface area contributed by atoms with Gasteiger partial charge < -0.3 is 4.90 Å². The van der Waals surface area contributed by atoms with Gasteiger partial charge in [-0.15, -0.1) is 10.2 Å². The molecule has 0 spiro atoms. The van der Waals surface area contributed by atoms with E-state index in [1.807, 2.05) is 0 Å². The molecule has 3 heterocycles. The van der Waals surface area contributed by atoms with Crippen molar-refractivity contribution in [2.75, 3.05) is 18.0 Å². The van der Waals surface area contributed by atoms with Gasteiger partial charge in [0.05, 0.1) is 6.04 Å². The molecule has 0 N–H and O–H groups in total. The monoisotopic (exact) mass is 359 g/mol. The SMILES string of the molecule is CC(C)(C)c1nnc(N2CCCC(n3ccc(C(F)(F)F)n3)C2)s1. The van der Waals surface area contributed by atoms with E-state index in [9.17, 15) is 13.2 Å². The highest BCUT2D eigenvalue weighted by molar-refractivity contribution is 7.15. The first kappa shape index (κ1) is 17.2. The van der Waals surface area contributed by atoms with Gasteiger partial charge in [0.1, 0.15) is 5.01 Å². The van der Waals surface area contributed by atoms with Crippen molar-refractivity contribution in [1.29, 1.82) is 0 Å². The topological polar surface area (TPSA) is 46.8 Å². The smallest absolute Gasteiger partial charge is 0.345 e. The van der Waals surface area contributed by atoms with E-state index in [4.69, 9.17) is 0 Å². The maximum atomic E-state index is 12.7. The van der Waals surface area contributed by atoms with Crippen LogP contribution in [0.25, 0.3) is 0 Å². The normalized spacial score (nSPS) is 19.8. The van der Waals surface area contributed by atoms with Gasteiger partial charge in [0.25, 0.3) is 0 Å². The lowest BCUT2D eigenvalue weighted by molar-refractivity contribution is -0.141. The third kappa shape index (κ3) is 3.55. The van der Waals surface area contributed by atoms with Crippen LogP contribution in [0.15, 0.2) is 12.3 Å². The van der Waals surface area contributed by atoms with E-state index in [1.165, 1.54) is 10.9 Å². The van der Waals surface area contributed by atoms with E-state index >= 15 is 0 Å². The molecule has 5 nitrogen and oxygen atoms in total. The summed E-state index contributed by atoms with van der Waals surface area (Å²) in [7, 11) is 0. The molecular formula is C15H20F3N5S. The number of hydrogen-bond acceptors (Lipinski definition) is 5. The van der Waals surface area contributed by atoms with Gasteiger partial charge in [-0.3, -0.25) is 4.68 Å². The molecule has 2 aromatic heterocycles. The Labute approximate surface area is 142 Å². The molecule has 0 saturated carbocycles. The number of hydrogen-bond donors (Lipinski definition) is 0. The summed E-state index contributed by atoms with van der Waals surface area (Å²) in [5.74, 6) is 0. The molecule has 132 valence electrons. The van der Waals surface area contributed by atoms with E-state index < -0.39 is 11.9 Å². The van der Waals surface area contributed by atoms with Crippen LogP contribution in [0, 0.1) is 0 Å². The molecule has 9 heteroatoms. The van der Waals surface area contributed by atoms with Crippen LogP contribution in [0.1, 0.15) is 50.4 Å². The van der Waals surface area contributed by atoms with Crippen molar-refractivity contribution in [1.82, 2.24) is 20.0 Å². The Balaban J connectivity index is 1.75. The molecule has 1 saturated heterocycles. The Hall–Kier alpha value is -1.64. The van der Waals surface area contributed by atoms with Crippen molar-refractivity contribution in [2.24, 2.45) is 0 Å². The van der Waals surface area contributed by atoms with E-state index in [2.05, 4.69) is 41.0 Å². The van der Waals surface area contributed by atoms with E-state index in [1.54, 1.807) is 11.3 Å². The fourth-order valence-electron chi connectivity index (χ4n) is 2.68. The van der Waals surface area contributed by atoms with Crippen molar-refractivity contribution in [3.63, 3.8) is 0 Å². The minimum absolute atomic E-state index is 0.0608. The molecule has 1 aliphatic heterocycles. The molecule has 1 aliphatic rings. The molecule has 0 aliphatic carbocycles. The first-order chi connectivity index (χ1) is 11.1. The van der Waals surface area contributed by atoms with Crippen LogP contribution >= 0.6 is 11.3 Å². The first-order valence-electron chi connectivity index (χ1n) is 7.86. The summed E-state index contributed by atoms with van der Waals surface area (Å²) in [5.41, 5.74) is -0.903. The number of rotatable bonds is 2. The van der Waals surface area contributed by atoms with Gasteiger partial charge >= 0.3 is 6.18 Å². The molecule has 1 fully saturated rings. The van der Waals surface area contributed by atoms with Gasteiger partial charge in [0.15, 0.2) is 5.69 Å². The second-order valence-electron chi connectivity index (χ2n) is 7.06. The fraction of sp³-hybridized carbons (Fsp3) is 0.667. The van der Waals surface area contributed by atoms with Crippen molar-refractivity contribution in [3.8, 4) is 0 Å². The number of aromatic nitrogens is 4. The summed E-state index contributed by atoms with van der Waals surface area (Å²) in [6.07, 6.45) is -1.30. The molecule has 1 unspecified atom stereocenters. The summed E-state index contributed by atoms with van der Waals surface area (Å²) < 4.78 is 39.6. The van der Waals surface area contributed by atoms with Crippen LogP contribution in [0.5, 0.6) is 0 Å². The van der Waals surface area contributed by atoms with E-state index in [0.29, 0.717) is 6.54 Å². The Morgan fingerprint density at radius 3 is 2.54 bits per heavy atom. The van der Waals surface area contributed by atoms with Crippen LogP contribution in [0.3, 0.4) is 0 Å². The highest BCUT2D eigenvalue weighted by Crippen LogP contribution is 2.33. The fourth-order valence-corrected chi connectivity index (χ4v) is 3.62. The molecule has 0 radical (unpaired) electrons. The molecule has 3 rings (SSSR count). The summed E-state index contributed by atoms with van der Waals surface area (Å²) in [5, 5.41) is 14.0. The maximum Gasteiger partial charge on any atom is 0.435 e. The van der Waals surface area contributed by atoms with Crippen molar-refractivity contribution >= 4 is 16.5 Å². The highest BCUT2D eigenvalue weighted by atomic mass is 32.1. The van der Waals surface area contributed by atoms with Crippen LogP contribution in [0.2, 0.25) is 0 Å². The largest absolute Gasteiger partial charge is 0.435 e. The minimum Gasteiger partial charge on any atom is -0.345 e. The van der Waals surface area contributed by atoms with Gasteiger partial charge in [-0.1, -0.05) is 32.1 Å². The maximum absolute atomic E-state index is 12.7. The van der Waals surface area contributed by atoms with Crippen LogP contribution in [0.4, 0.5) is 18.3 Å². The Kier molecular flexibility index (Phi) is 4.31. The zero-order chi connectivity index (χ0) is 17.5. The van der Waals surface area contributed by atoms with E-state index in [0.717, 1.165) is 35.6 Å². The van der Waals surface area contributed by atoms with Crippen molar-refractivity contribution < 1.29 is 13.2 Å². The quantitative estimate of drug-likeness (QED) is 0.816. The highest BCUT2D eigenvalue weighted by Gasteiger charge is 2.35. The number of alkyl halides is 3. The Bertz CT molecular complexity index is 642. The standard InChI is InChI=1S/C15H20F3N5S/c1-14(2,3)12-19-20-13(24-12)22-7-4-5-10(9-22)23-8-6-11(21-23)15(16,17)18/h6,8,10H,4-5,7,9H2,1-3H3. The molecule has 0 amide bonds. The lowest BCUT2D eigenvalue weighted by Gasteiger charge is -2.32. The second-order valence-corrected chi connectivity index (χ2v) is 8.02. The third-order valence-electron chi connectivity index (χ3n) is 4.00. The molecule has 0 aromatic carbocycles. The van der Waals surface area contributed by atoms with Gasteiger partial charge in [-0.25, -0.2) is 0 Å². The summed E-state index contributed by atoms with van der Waals surface area (Å²) >= 11 is 1.55.